The Morgan fingerprint density at radius 3 is 2.54 bits per heavy atom. The molecule has 0 aromatic heterocycles. The van der Waals surface area contributed by atoms with Crippen molar-refractivity contribution in [3.05, 3.63) is 64.2 Å². The summed E-state index contributed by atoms with van der Waals surface area (Å²) in [7, 11) is -2.84. The number of nitrogens with zero attached hydrogens (tertiary/aromatic N) is 2. The number of carbonyl (C=O) groups is 1. The van der Waals surface area contributed by atoms with Crippen LogP contribution in [0.5, 0.6) is 0 Å². The lowest BCUT2D eigenvalue weighted by Gasteiger charge is -2.22. The number of aryl methyl sites for hydroxylation is 1. The van der Waals surface area contributed by atoms with Gasteiger partial charge in [-0.05, 0) is 36.2 Å². The number of hydrogen-bond acceptors (Lipinski definition) is 5. The van der Waals surface area contributed by atoms with Crippen LogP contribution in [0.1, 0.15) is 16.7 Å². The van der Waals surface area contributed by atoms with Crippen LogP contribution in [0, 0.1) is 18.3 Å². The maximum atomic E-state index is 13.0. The minimum absolute atomic E-state index is 0.00171. The Labute approximate surface area is 157 Å². The Bertz CT molecular complexity index is 967. The molecule has 0 unspecified atom stereocenters. The lowest BCUT2D eigenvalue weighted by atomic mass is 10.1. The number of benzene rings is 2. The summed E-state index contributed by atoms with van der Waals surface area (Å²) < 4.78 is 31.7. The van der Waals surface area contributed by atoms with Crippen molar-refractivity contribution in [3.63, 3.8) is 0 Å². The van der Waals surface area contributed by atoms with E-state index in [1.807, 2.05) is 25.1 Å². The van der Waals surface area contributed by atoms with Crippen LogP contribution in [-0.4, -0.2) is 32.3 Å². The van der Waals surface area contributed by atoms with Gasteiger partial charge in [0.1, 0.15) is 12.6 Å². The highest BCUT2D eigenvalue weighted by molar-refractivity contribution is 7.89. The molecule has 2 aromatic rings. The van der Waals surface area contributed by atoms with Crippen molar-refractivity contribution in [1.29, 1.82) is 5.26 Å². The number of sulfonamides is 1. The van der Waals surface area contributed by atoms with Gasteiger partial charge in [0.15, 0.2) is 0 Å². The number of carbonyl (C=O) groups excluding carboxylic acids is 1. The van der Waals surface area contributed by atoms with E-state index in [2.05, 4.69) is 4.74 Å². The van der Waals surface area contributed by atoms with Crippen molar-refractivity contribution in [2.24, 2.45) is 0 Å². The average Bonchev–Trinajstić information content (AvgIpc) is 2.62. The Morgan fingerprint density at radius 2 is 1.96 bits per heavy atom. The smallest absolute Gasteiger partial charge is 0.321 e. The first-order valence-corrected chi connectivity index (χ1v) is 9.42. The number of ether oxygens (including phenoxy) is 1. The third-order valence-corrected chi connectivity index (χ3v) is 5.94. The van der Waals surface area contributed by atoms with Crippen LogP contribution in [0.4, 0.5) is 0 Å². The molecule has 0 atom stereocenters. The van der Waals surface area contributed by atoms with Crippen LogP contribution >= 0.6 is 11.6 Å². The van der Waals surface area contributed by atoms with E-state index in [-0.39, 0.29) is 22.0 Å². The molecule has 0 heterocycles. The van der Waals surface area contributed by atoms with E-state index in [4.69, 9.17) is 16.9 Å². The number of hydrogen-bond donors (Lipinski definition) is 0. The summed E-state index contributed by atoms with van der Waals surface area (Å²) in [5, 5.41) is 8.97. The molecule has 0 radical (unpaired) electrons. The van der Waals surface area contributed by atoms with E-state index in [9.17, 15) is 13.2 Å². The second-order valence-corrected chi connectivity index (χ2v) is 7.87. The summed E-state index contributed by atoms with van der Waals surface area (Å²) in [4.78, 5) is 11.6. The fourth-order valence-electron chi connectivity index (χ4n) is 2.31. The number of nitriles is 1. The van der Waals surface area contributed by atoms with Crippen LogP contribution in [0.2, 0.25) is 5.02 Å². The quantitative estimate of drug-likeness (QED) is 0.705. The summed E-state index contributed by atoms with van der Waals surface area (Å²) in [6, 6.07) is 13.0. The molecular weight excluding hydrogens is 376 g/mol. The summed E-state index contributed by atoms with van der Waals surface area (Å²) in [5.74, 6) is -0.679. The first-order chi connectivity index (χ1) is 12.3. The predicted octanol–water partition coefficient (Wildman–Crippen LogP) is 2.88. The van der Waals surface area contributed by atoms with Crippen LogP contribution in [-0.2, 0) is 26.1 Å². The minimum atomic E-state index is -4.03. The summed E-state index contributed by atoms with van der Waals surface area (Å²) >= 11 is 5.96. The zero-order chi connectivity index (χ0) is 19.3. The van der Waals surface area contributed by atoms with Crippen molar-refractivity contribution in [2.75, 3.05) is 13.7 Å². The number of methoxy groups -OCH3 is 1. The molecule has 136 valence electrons. The van der Waals surface area contributed by atoms with Crippen molar-refractivity contribution >= 4 is 27.6 Å². The van der Waals surface area contributed by atoms with Crippen molar-refractivity contribution in [1.82, 2.24) is 4.31 Å². The normalized spacial score (nSPS) is 11.2. The Balaban J connectivity index is 2.46. The predicted molar refractivity (Wildman–Crippen MR) is 97.0 cm³/mol. The fourth-order valence-corrected chi connectivity index (χ4v) is 3.98. The molecule has 0 fully saturated rings. The second kappa shape index (κ2) is 8.32. The third-order valence-electron chi connectivity index (χ3n) is 3.84. The lowest BCUT2D eigenvalue weighted by molar-refractivity contribution is -0.140. The van der Waals surface area contributed by atoms with Crippen LogP contribution < -0.4 is 0 Å². The zero-order valence-corrected chi connectivity index (χ0v) is 15.8. The fraction of sp³-hybridized carbons (Fsp3) is 0.222. The number of esters is 1. The van der Waals surface area contributed by atoms with E-state index >= 15 is 0 Å². The summed E-state index contributed by atoms with van der Waals surface area (Å²) in [6.07, 6.45) is 0. The monoisotopic (exact) mass is 392 g/mol. The maximum Gasteiger partial charge on any atom is 0.321 e. The molecule has 2 rings (SSSR count). The molecule has 0 bridgehead atoms. The van der Waals surface area contributed by atoms with E-state index in [1.165, 1.54) is 25.3 Å². The van der Waals surface area contributed by atoms with E-state index in [0.29, 0.717) is 0 Å². The van der Waals surface area contributed by atoms with Gasteiger partial charge in [0.05, 0.1) is 22.6 Å². The largest absolute Gasteiger partial charge is 0.468 e. The van der Waals surface area contributed by atoms with E-state index < -0.39 is 22.5 Å². The molecule has 0 aliphatic carbocycles. The van der Waals surface area contributed by atoms with E-state index in [1.54, 1.807) is 12.1 Å². The molecular formula is C18H17ClN2O4S. The van der Waals surface area contributed by atoms with Gasteiger partial charge in [-0.15, -0.1) is 0 Å². The average molecular weight is 393 g/mol. The first kappa shape index (κ1) is 19.9. The molecule has 0 aliphatic rings. The molecule has 8 heteroatoms. The zero-order valence-electron chi connectivity index (χ0n) is 14.3. The Morgan fingerprint density at radius 1 is 1.27 bits per heavy atom. The number of halogens is 1. The van der Waals surface area contributed by atoms with Gasteiger partial charge in [0.2, 0.25) is 10.0 Å². The maximum absolute atomic E-state index is 13.0. The summed E-state index contributed by atoms with van der Waals surface area (Å²) in [6.45, 7) is 1.42. The summed E-state index contributed by atoms with van der Waals surface area (Å²) in [5.41, 5.74) is 1.83. The van der Waals surface area contributed by atoms with Gasteiger partial charge < -0.3 is 4.74 Å². The van der Waals surface area contributed by atoms with Gasteiger partial charge in [-0.3, -0.25) is 4.79 Å². The highest BCUT2D eigenvalue weighted by atomic mass is 35.5. The van der Waals surface area contributed by atoms with Crippen molar-refractivity contribution in [2.45, 2.75) is 18.4 Å². The van der Waals surface area contributed by atoms with Crippen molar-refractivity contribution in [3.8, 4) is 6.07 Å². The topological polar surface area (TPSA) is 87.5 Å². The lowest BCUT2D eigenvalue weighted by Crippen LogP contribution is -2.36. The van der Waals surface area contributed by atoms with Crippen molar-refractivity contribution < 1.29 is 17.9 Å². The first-order valence-electron chi connectivity index (χ1n) is 7.60. The molecule has 0 aliphatic heterocycles. The van der Waals surface area contributed by atoms with Gasteiger partial charge in [0.25, 0.3) is 0 Å². The molecule has 2 aromatic carbocycles. The van der Waals surface area contributed by atoms with Gasteiger partial charge in [-0.2, -0.15) is 9.57 Å². The van der Waals surface area contributed by atoms with Gasteiger partial charge in [-0.1, -0.05) is 35.9 Å². The third kappa shape index (κ3) is 4.41. The molecule has 6 nitrogen and oxygen atoms in total. The molecule has 0 saturated carbocycles. The van der Waals surface area contributed by atoms with Crippen LogP contribution in [0.3, 0.4) is 0 Å². The molecule has 0 amide bonds. The van der Waals surface area contributed by atoms with Gasteiger partial charge >= 0.3 is 5.97 Å². The molecule has 26 heavy (non-hydrogen) atoms. The minimum Gasteiger partial charge on any atom is -0.468 e. The molecule has 0 spiro atoms. The van der Waals surface area contributed by atoms with Gasteiger partial charge in [0, 0.05) is 6.54 Å². The van der Waals surface area contributed by atoms with Crippen LogP contribution in [0.15, 0.2) is 47.4 Å². The standard InChI is InChI=1S/C18H17ClN2O4S/c1-13-5-3-4-6-15(13)11-21(12-18(22)25-2)26(23,24)16-8-7-14(10-20)17(19)9-16/h3-9H,11-12H2,1-2H3. The SMILES string of the molecule is COC(=O)CN(Cc1ccccc1C)S(=O)(=O)c1ccc(C#N)c(Cl)c1. The molecule has 0 saturated heterocycles. The van der Waals surface area contributed by atoms with Crippen LogP contribution in [0.25, 0.3) is 0 Å². The number of rotatable bonds is 6. The highest BCUT2D eigenvalue weighted by Gasteiger charge is 2.28. The Hall–Kier alpha value is -2.40. The molecule has 0 N–H and O–H groups in total. The van der Waals surface area contributed by atoms with E-state index in [0.717, 1.165) is 15.4 Å². The second-order valence-electron chi connectivity index (χ2n) is 5.53. The highest BCUT2D eigenvalue weighted by Crippen LogP contribution is 2.24. The van der Waals surface area contributed by atoms with Gasteiger partial charge in [-0.25, -0.2) is 8.42 Å². The Kier molecular flexibility index (Phi) is 6.37.